The van der Waals surface area contributed by atoms with Gasteiger partial charge < -0.3 is 19.7 Å². The maximum atomic E-state index is 13.6. The first-order valence-corrected chi connectivity index (χ1v) is 11.4. The van der Waals surface area contributed by atoms with Gasteiger partial charge in [-0.3, -0.25) is 4.79 Å². The second kappa shape index (κ2) is 9.57. The van der Waals surface area contributed by atoms with Gasteiger partial charge in [0.25, 0.3) is 5.91 Å². The van der Waals surface area contributed by atoms with E-state index in [2.05, 4.69) is 15.4 Å². The minimum Gasteiger partial charge on any atom is -0.496 e. The van der Waals surface area contributed by atoms with Crippen LogP contribution in [0.4, 0.5) is 26.3 Å². The summed E-state index contributed by atoms with van der Waals surface area (Å²) in [5.74, 6) is -2.75. The van der Waals surface area contributed by atoms with E-state index in [4.69, 9.17) is 4.74 Å². The summed E-state index contributed by atoms with van der Waals surface area (Å²) in [4.78, 5) is 25.9. The maximum Gasteiger partial charge on any atom is 0.393 e. The lowest BCUT2D eigenvalue weighted by atomic mass is 9.92. The van der Waals surface area contributed by atoms with Crippen molar-refractivity contribution in [1.29, 1.82) is 0 Å². The van der Waals surface area contributed by atoms with Crippen LogP contribution in [0, 0.1) is 0 Å². The largest absolute Gasteiger partial charge is 0.496 e. The Morgan fingerprint density at radius 1 is 1.10 bits per heavy atom. The zero-order chi connectivity index (χ0) is 28.9. The van der Waals surface area contributed by atoms with E-state index in [-0.39, 0.29) is 30.0 Å². The van der Waals surface area contributed by atoms with E-state index in [9.17, 15) is 41.0 Å². The minimum atomic E-state index is -4.94. The van der Waals surface area contributed by atoms with E-state index < -0.39 is 48.3 Å². The number of carboxylic acid groups (broad SMARTS) is 1. The number of aliphatic carboxylic acids is 1. The predicted octanol–water partition coefficient (Wildman–Crippen LogP) is 3.54. The van der Waals surface area contributed by atoms with E-state index in [1.165, 1.54) is 29.6 Å². The molecule has 16 heteroatoms. The summed E-state index contributed by atoms with van der Waals surface area (Å²) >= 11 is 0. The molecule has 4 rings (SSSR count). The molecule has 1 aromatic carbocycles. The van der Waals surface area contributed by atoms with Crippen LogP contribution in [0.1, 0.15) is 35.0 Å². The Bertz CT molecular complexity index is 1440. The van der Waals surface area contributed by atoms with Crippen molar-refractivity contribution < 1.29 is 45.8 Å². The van der Waals surface area contributed by atoms with E-state index in [1.54, 1.807) is 6.07 Å². The zero-order valence-corrected chi connectivity index (χ0v) is 20.7. The van der Waals surface area contributed by atoms with E-state index in [0.29, 0.717) is 29.4 Å². The van der Waals surface area contributed by atoms with Gasteiger partial charge in [0.2, 0.25) is 5.82 Å². The summed E-state index contributed by atoms with van der Waals surface area (Å²) in [6, 6.07) is 4.04. The Morgan fingerprint density at radius 3 is 2.33 bits per heavy atom. The normalized spacial score (nSPS) is 14.8. The van der Waals surface area contributed by atoms with Crippen LogP contribution >= 0.6 is 0 Å². The van der Waals surface area contributed by atoms with Gasteiger partial charge in [0, 0.05) is 12.1 Å². The number of methoxy groups -OCH3 is 1. The van der Waals surface area contributed by atoms with E-state index >= 15 is 0 Å². The van der Waals surface area contributed by atoms with E-state index in [1.807, 2.05) is 5.32 Å². The molecule has 1 amide bonds. The number of ether oxygens (including phenoxy) is 1. The summed E-state index contributed by atoms with van der Waals surface area (Å²) < 4.78 is 86.5. The van der Waals surface area contributed by atoms with Crippen molar-refractivity contribution in [2.75, 3.05) is 7.11 Å². The number of fused-ring (bicyclic) bond motifs is 3. The first kappa shape index (κ1) is 27.9. The zero-order valence-electron chi connectivity index (χ0n) is 20.7. The lowest BCUT2D eigenvalue weighted by Crippen LogP contribution is -2.54. The summed E-state index contributed by atoms with van der Waals surface area (Å²) in [5, 5.41) is 23.1. The molecule has 39 heavy (non-hydrogen) atoms. The maximum absolute atomic E-state index is 13.6. The van der Waals surface area contributed by atoms with Gasteiger partial charge in [-0.25, -0.2) is 4.79 Å². The molecule has 1 atom stereocenters. The van der Waals surface area contributed by atoms with Gasteiger partial charge in [-0.15, -0.1) is 10.2 Å². The SMILES string of the molecule is COc1cc2c(cc1-c1nnn(C)n1)-c1c(CC(F)(F)F)cc(C(=O)N[C@@](C)(CC(F)(F)F)C(=O)O)n1CC2. The molecule has 3 aromatic rings. The number of carbonyl (C=O) groups excluding carboxylic acids is 1. The second-order valence-electron chi connectivity index (χ2n) is 9.29. The average Bonchev–Trinajstić information content (AvgIpc) is 3.39. The Kier molecular flexibility index (Phi) is 6.85. The van der Waals surface area contributed by atoms with Gasteiger partial charge in [0.05, 0.1) is 38.3 Å². The fraction of sp³-hybridized carbons (Fsp3) is 0.435. The number of nitrogens with zero attached hydrogens (tertiary/aromatic N) is 5. The fourth-order valence-electron chi connectivity index (χ4n) is 4.60. The Balaban J connectivity index is 1.86. The third kappa shape index (κ3) is 5.68. The molecule has 2 N–H and O–H groups in total. The molecule has 0 fully saturated rings. The monoisotopic (exact) mass is 560 g/mol. The number of halogens is 6. The Morgan fingerprint density at radius 2 is 1.79 bits per heavy atom. The highest BCUT2D eigenvalue weighted by Crippen LogP contribution is 2.42. The highest BCUT2D eigenvalue weighted by atomic mass is 19.4. The van der Waals surface area contributed by atoms with Gasteiger partial charge in [0.1, 0.15) is 17.0 Å². The smallest absolute Gasteiger partial charge is 0.393 e. The molecule has 0 spiro atoms. The number of rotatable bonds is 7. The van der Waals surface area contributed by atoms with Crippen LogP contribution in [0.5, 0.6) is 5.75 Å². The highest BCUT2D eigenvalue weighted by molar-refractivity contribution is 5.98. The van der Waals surface area contributed by atoms with Crippen molar-refractivity contribution in [2.24, 2.45) is 7.05 Å². The summed E-state index contributed by atoms with van der Waals surface area (Å²) in [5.41, 5.74) is -2.25. The third-order valence-electron chi connectivity index (χ3n) is 6.25. The standard InChI is InChI=1S/C23H22F6N6O4/c1-21(20(37)38,10-23(27,28)29)30-19(36)15-6-12(9-22(24,25)26)17-13-8-14(18-31-33-34(2)32-18)16(39-3)7-11(13)4-5-35(15)17/h6-8H,4-5,9-10H2,1-3H3,(H,30,36)(H,37,38)/t21-/m0/s1. The van der Waals surface area contributed by atoms with Gasteiger partial charge in [-0.1, -0.05) is 0 Å². The predicted molar refractivity (Wildman–Crippen MR) is 122 cm³/mol. The highest BCUT2D eigenvalue weighted by Gasteiger charge is 2.46. The number of amides is 1. The molecule has 0 radical (unpaired) electrons. The lowest BCUT2D eigenvalue weighted by molar-refractivity contribution is -0.167. The molecule has 210 valence electrons. The van der Waals surface area contributed by atoms with Crippen molar-refractivity contribution >= 4 is 11.9 Å². The lowest BCUT2D eigenvalue weighted by Gasteiger charge is -2.28. The van der Waals surface area contributed by atoms with Crippen molar-refractivity contribution in [3.05, 3.63) is 35.0 Å². The third-order valence-corrected chi connectivity index (χ3v) is 6.25. The van der Waals surface area contributed by atoms with Crippen LogP contribution in [0.15, 0.2) is 18.2 Å². The summed E-state index contributed by atoms with van der Waals surface area (Å²) in [6.45, 7) is 0.678. The number of hydrogen-bond acceptors (Lipinski definition) is 6. The number of aryl methyl sites for hydroxylation is 2. The first-order chi connectivity index (χ1) is 18.0. The van der Waals surface area contributed by atoms with Crippen LogP contribution in [0.3, 0.4) is 0 Å². The minimum absolute atomic E-state index is 0.00209. The summed E-state index contributed by atoms with van der Waals surface area (Å²) in [6.07, 6.45) is -12.7. The van der Waals surface area contributed by atoms with Crippen molar-refractivity contribution in [3.63, 3.8) is 0 Å². The van der Waals surface area contributed by atoms with Crippen LogP contribution in [0.2, 0.25) is 0 Å². The van der Waals surface area contributed by atoms with Gasteiger partial charge in [0.15, 0.2) is 0 Å². The molecule has 0 saturated heterocycles. The second-order valence-corrected chi connectivity index (χ2v) is 9.29. The fourth-order valence-corrected chi connectivity index (χ4v) is 4.60. The van der Waals surface area contributed by atoms with Crippen molar-refractivity contribution in [1.82, 2.24) is 30.1 Å². The molecule has 10 nitrogen and oxygen atoms in total. The number of tetrazole rings is 1. The molecule has 1 aliphatic rings. The molecular weight excluding hydrogens is 538 g/mol. The van der Waals surface area contributed by atoms with Crippen molar-refractivity contribution in [2.45, 2.75) is 50.6 Å². The molecular formula is C23H22F6N6O4. The first-order valence-electron chi connectivity index (χ1n) is 11.4. The molecule has 0 aliphatic carbocycles. The number of aromatic nitrogens is 5. The topological polar surface area (TPSA) is 124 Å². The average molecular weight is 560 g/mol. The van der Waals surface area contributed by atoms with Crippen LogP contribution in [-0.4, -0.2) is 66.8 Å². The number of alkyl halides is 6. The van der Waals surface area contributed by atoms with Crippen LogP contribution in [0.25, 0.3) is 22.6 Å². The number of carboxylic acids is 1. The molecule has 0 bridgehead atoms. The Labute approximate surface area is 216 Å². The molecule has 2 aromatic heterocycles. The Hall–Kier alpha value is -4.11. The molecule has 1 aliphatic heterocycles. The molecule has 3 heterocycles. The number of hydrogen-bond donors (Lipinski definition) is 2. The van der Waals surface area contributed by atoms with Crippen LogP contribution in [-0.2, 0) is 31.2 Å². The van der Waals surface area contributed by atoms with Gasteiger partial charge >= 0.3 is 18.3 Å². The molecule has 0 unspecified atom stereocenters. The summed E-state index contributed by atoms with van der Waals surface area (Å²) in [7, 11) is 2.91. The molecule has 0 saturated carbocycles. The van der Waals surface area contributed by atoms with Crippen LogP contribution < -0.4 is 10.1 Å². The number of nitrogens with one attached hydrogen (secondary N) is 1. The quantitative estimate of drug-likeness (QED) is 0.424. The van der Waals surface area contributed by atoms with Crippen molar-refractivity contribution in [3.8, 4) is 28.4 Å². The number of carbonyl (C=O) groups is 2. The van der Waals surface area contributed by atoms with E-state index in [0.717, 1.165) is 6.07 Å². The van der Waals surface area contributed by atoms with Gasteiger partial charge in [-0.2, -0.15) is 31.1 Å². The number of benzene rings is 1. The van der Waals surface area contributed by atoms with Gasteiger partial charge in [-0.05, 0) is 47.9 Å².